The van der Waals surface area contributed by atoms with Crippen LogP contribution < -0.4 is 16.0 Å². The Hall–Kier alpha value is -1.56. The van der Waals surface area contributed by atoms with Crippen LogP contribution in [0.2, 0.25) is 0 Å². The lowest BCUT2D eigenvalue weighted by Crippen LogP contribution is -2.41. The van der Waals surface area contributed by atoms with Crippen molar-refractivity contribution in [1.29, 1.82) is 0 Å². The summed E-state index contributed by atoms with van der Waals surface area (Å²) in [4.78, 5) is 16.0. The fraction of sp³-hybridized carbons (Fsp3) is 0.556. The lowest BCUT2D eigenvalue weighted by molar-refractivity contribution is -0.137. The van der Waals surface area contributed by atoms with Crippen LogP contribution in [0.4, 0.5) is 13.2 Å². The number of guanidine groups is 1. The van der Waals surface area contributed by atoms with Crippen molar-refractivity contribution in [1.82, 2.24) is 16.0 Å². The van der Waals surface area contributed by atoms with E-state index in [0.717, 1.165) is 56.9 Å². The molecule has 0 aliphatic rings. The number of hydrogen-bond donors (Lipinski definition) is 3. The molecule has 0 aromatic heterocycles. The molecule has 10 heteroatoms. The zero-order valence-electron chi connectivity index (χ0n) is 16.1. The highest BCUT2D eigenvalue weighted by molar-refractivity contribution is 14.0. The normalized spacial score (nSPS) is 11.5. The predicted molar refractivity (Wildman–Crippen MR) is 114 cm³/mol. The molecule has 0 heterocycles. The Bertz CT molecular complexity index is 595. The number of halogens is 4. The van der Waals surface area contributed by atoms with Crippen LogP contribution >= 0.6 is 24.0 Å². The monoisotopic (exact) mass is 516 g/mol. The molecule has 0 aliphatic heterocycles. The third-order valence-electron chi connectivity index (χ3n) is 3.61. The Morgan fingerprint density at radius 1 is 1.04 bits per heavy atom. The highest BCUT2D eigenvalue weighted by Crippen LogP contribution is 2.28. The third kappa shape index (κ3) is 10.7. The fourth-order valence-corrected chi connectivity index (χ4v) is 2.17. The first-order valence-electron chi connectivity index (χ1n) is 8.86. The van der Waals surface area contributed by atoms with E-state index >= 15 is 0 Å². The van der Waals surface area contributed by atoms with Crippen LogP contribution in [-0.2, 0) is 10.9 Å². The summed E-state index contributed by atoms with van der Waals surface area (Å²) < 4.78 is 42.8. The lowest BCUT2D eigenvalue weighted by atomic mass is 10.1. The molecular formula is C18H28F3IN4O2. The molecule has 0 atom stereocenters. The average molecular weight is 516 g/mol. The summed E-state index contributed by atoms with van der Waals surface area (Å²) in [6, 6.07) is 4.11. The highest BCUT2D eigenvalue weighted by Gasteiger charge is 2.30. The summed E-state index contributed by atoms with van der Waals surface area (Å²) in [5.74, 6) is 0.194. The molecule has 0 saturated heterocycles. The number of rotatable bonds is 10. The van der Waals surface area contributed by atoms with Crippen molar-refractivity contribution in [2.45, 2.75) is 25.9 Å². The van der Waals surface area contributed by atoms with Gasteiger partial charge in [0, 0.05) is 45.5 Å². The molecule has 0 spiro atoms. The molecular weight excluding hydrogens is 488 g/mol. The summed E-state index contributed by atoms with van der Waals surface area (Å²) in [6.45, 7) is 4.91. The summed E-state index contributed by atoms with van der Waals surface area (Å²) in [5.41, 5.74) is -0.600. The molecule has 3 N–H and O–H groups in total. The predicted octanol–water partition coefficient (Wildman–Crippen LogP) is 3.03. The second kappa shape index (κ2) is 14.4. The number of hydrogen-bond acceptors (Lipinski definition) is 3. The van der Waals surface area contributed by atoms with E-state index in [1.54, 1.807) is 7.05 Å². The molecule has 0 bridgehead atoms. The molecule has 0 unspecified atom stereocenters. The number of aliphatic imine (C=N–C) groups is 1. The number of carbonyl (C=O) groups excluding carboxylic acids is 1. The Balaban J connectivity index is 0.00000729. The third-order valence-corrected chi connectivity index (χ3v) is 3.61. The van der Waals surface area contributed by atoms with E-state index in [1.807, 2.05) is 6.92 Å². The van der Waals surface area contributed by atoms with Gasteiger partial charge in [-0.15, -0.1) is 24.0 Å². The minimum Gasteiger partial charge on any atom is -0.382 e. The van der Waals surface area contributed by atoms with Crippen LogP contribution in [0.3, 0.4) is 0 Å². The first-order valence-corrected chi connectivity index (χ1v) is 8.86. The molecule has 0 aliphatic carbocycles. The van der Waals surface area contributed by atoms with Gasteiger partial charge < -0.3 is 20.7 Å². The molecule has 160 valence electrons. The van der Waals surface area contributed by atoms with Crippen molar-refractivity contribution in [3.8, 4) is 0 Å². The van der Waals surface area contributed by atoms with E-state index in [-0.39, 0.29) is 29.5 Å². The Labute approximate surface area is 180 Å². The van der Waals surface area contributed by atoms with E-state index in [2.05, 4.69) is 20.9 Å². The van der Waals surface area contributed by atoms with E-state index in [0.29, 0.717) is 19.0 Å². The highest BCUT2D eigenvalue weighted by atomic mass is 127. The molecule has 1 rings (SSSR count). The first kappa shape index (κ1) is 26.4. The molecule has 6 nitrogen and oxygen atoms in total. The van der Waals surface area contributed by atoms with E-state index < -0.39 is 17.6 Å². The van der Waals surface area contributed by atoms with Crippen molar-refractivity contribution in [2.24, 2.45) is 4.99 Å². The Kier molecular flexibility index (Phi) is 13.6. The lowest BCUT2D eigenvalue weighted by Gasteiger charge is -2.12. The van der Waals surface area contributed by atoms with Gasteiger partial charge in [0.15, 0.2) is 5.96 Å². The van der Waals surface area contributed by atoms with Crippen molar-refractivity contribution < 1.29 is 22.7 Å². The summed E-state index contributed by atoms with van der Waals surface area (Å²) in [7, 11) is 1.65. The average Bonchev–Trinajstić information content (AvgIpc) is 2.65. The standard InChI is InChI=1S/C18H27F3N4O2.HI/c1-3-27-13-5-4-10-24-17(22-2)25-12-11-23-16(26)14-6-8-15(9-7-14)18(19,20)21;/h6-9H,3-5,10-13H2,1-2H3,(H,23,26)(H2,22,24,25);1H. The topological polar surface area (TPSA) is 74.8 Å². The van der Waals surface area contributed by atoms with Gasteiger partial charge in [-0.1, -0.05) is 0 Å². The molecule has 1 aromatic rings. The number of ether oxygens (including phenoxy) is 1. The van der Waals surface area contributed by atoms with Crippen molar-refractivity contribution in [3.05, 3.63) is 35.4 Å². The van der Waals surface area contributed by atoms with Crippen LogP contribution in [0.15, 0.2) is 29.3 Å². The van der Waals surface area contributed by atoms with Gasteiger partial charge in [0.25, 0.3) is 5.91 Å². The summed E-state index contributed by atoms with van der Waals surface area (Å²) in [5, 5.41) is 8.85. The number of nitrogens with one attached hydrogen (secondary N) is 3. The zero-order valence-corrected chi connectivity index (χ0v) is 18.4. The van der Waals surface area contributed by atoms with Gasteiger partial charge in [-0.2, -0.15) is 13.2 Å². The van der Waals surface area contributed by atoms with E-state index in [9.17, 15) is 18.0 Å². The first-order chi connectivity index (χ1) is 12.9. The molecule has 28 heavy (non-hydrogen) atoms. The van der Waals surface area contributed by atoms with Crippen LogP contribution in [0.25, 0.3) is 0 Å². The minimum atomic E-state index is -4.41. The smallest absolute Gasteiger partial charge is 0.382 e. The maximum atomic E-state index is 12.5. The van der Waals surface area contributed by atoms with Gasteiger partial charge in [0.05, 0.1) is 5.56 Å². The number of amides is 1. The largest absolute Gasteiger partial charge is 0.416 e. The minimum absolute atomic E-state index is 0. The Morgan fingerprint density at radius 2 is 1.64 bits per heavy atom. The maximum absolute atomic E-state index is 12.5. The molecule has 1 amide bonds. The van der Waals surface area contributed by atoms with Crippen molar-refractivity contribution in [2.75, 3.05) is 39.9 Å². The van der Waals surface area contributed by atoms with Crippen LogP contribution in [0, 0.1) is 0 Å². The van der Waals surface area contributed by atoms with Crippen molar-refractivity contribution >= 4 is 35.8 Å². The van der Waals surface area contributed by atoms with Gasteiger partial charge in [-0.05, 0) is 44.0 Å². The SMILES string of the molecule is CCOCCCCNC(=NC)NCCNC(=O)c1ccc(C(F)(F)F)cc1.I. The second-order valence-electron chi connectivity index (χ2n) is 5.66. The van der Waals surface area contributed by atoms with Crippen molar-refractivity contribution in [3.63, 3.8) is 0 Å². The van der Waals surface area contributed by atoms with Gasteiger partial charge in [-0.25, -0.2) is 0 Å². The van der Waals surface area contributed by atoms with Gasteiger partial charge in [0.2, 0.25) is 0 Å². The zero-order chi connectivity index (χ0) is 20.1. The summed E-state index contributed by atoms with van der Waals surface area (Å²) in [6.07, 6.45) is -2.50. The molecule has 0 saturated carbocycles. The van der Waals surface area contributed by atoms with Gasteiger partial charge in [0.1, 0.15) is 0 Å². The van der Waals surface area contributed by atoms with E-state index in [4.69, 9.17) is 4.74 Å². The van der Waals surface area contributed by atoms with Crippen LogP contribution in [0.5, 0.6) is 0 Å². The van der Waals surface area contributed by atoms with Crippen LogP contribution in [0.1, 0.15) is 35.7 Å². The summed E-state index contributed by atoms with van der Waals surface area (Å²) >= 11 is 0. The second-order valence-corrected chi connectivity index (χ2v) is 5.66. The molecule has 1 aromatic carbocycles. The number of carbonyl (C=O) groups is 1. The molecule has 0 radical (unpaired) electrons. The van der Waals surface area contributed by atoms with E-state index in [1.165, 1.54) is 0 Å². The van der Waals surface area contributed by atoms with Crippen LogP contribution in [-0.4, -0.2) is 51.8 Å². The number of nitrogens with zero attached hydrogens (tertiary/aromatic N) is 1. The fourth-order valence-electron chi connectivity index (χ4n) is 2.17. The Morgan fingerprint density at radius 3 is 2.21 bits per heavy atom. The quantitative estimate of drug-likeness (QED) is 0.194. The van der Waals surface area contributed by atoms with Gasteiger partial charge in [-0.3, -0.25) is 9.79 Å². The number of unbranched alkanes of at least 4 members (excludes halogenated alkanes) is 1. The number of benzene rings is 1. The molecule has 0 fully saturated rings. The maximum Gasteiger partial charge on any atom is 0.416 e. The number of alkyl halides is 3. The van der Waals surface area contributed by atoms with Gasteiger partial charge >= 0.3 is 6.18 Å².